The number of aryl methyl sites for hydroxylation is 1. The summed E-state index contributed by atoms with van der Waals surface area (Å²) in [6.07, 6.45) is 5.18. The molecule has 1 aromatic heterocycles. The largest absolute Gasteiger partial charge is 0.396 e. The molecular weight excluding hydrogens is 192 g/mol. The Labute approximate surface area is 89.3 Å². The van der Waals surface area contributed by atoms with E-state index in [1.807, 2.05) is 6.20 Å². The van der Waals surface area contributed by atoms with E-state index >= 15 is 0 Å². The van der Waals surface area contributed by atoms with Gasteiger partial charge in [-0.2, -0.15) is 0 Å². The summed E-state index contributed by atoms with van der Waals surface area (Å²) in [6.45, 7) is 1.72. The van der Waals surface area contributed by atoms with E-state index in [4.69, 9.17) is 9.84 Å². The molecule has 0 saturated carbocycles. The minimum atomic E-state index is 0.198. The Kier molecular flexibility index (Phi) is 3.64. The number of hydrogen-bond donors (Lipinski definition) is 1. The molecule has 0 aliphatic carbocycles. The van der Waals surface area contributed by atoms with Crippen LogP contribution in [0.1, 0.15) is 23.5 Å². The maximum atomic E-state index is 8.74. The molecule has 15 heavy (non-hydrogen) atoms. The summed E-state index contributed by atoms with van der Waals surface area (Å²) < 4.78 is 5.39. The van der Waals surface area contributed by atoms with Crippen molar-refractivity contribution in [3.63, 3.8) is 0 Å². The van der Waals surface area contributed by atoms with Crippen LogP contribution in [0.3, 0.4) is 0 Å². The van der Waals surface area contributed by atoms with Crippen LogP contribution in [-0.2, 0) is 24.0 Å². The van der Waals surface area contributed by atoms with Gasteiger partial charge in [-0.3, -0.25) is 0 Å². The lowest BCUT2D eigenvalue weighted by Gasteiger charge is -2.05. The van der Waals surface area contributed by atoms with Gasteiger partial charge in [-0.05, 0) is 18.4 Å². The van der Waals surface area contributed by atoms with Crippen molar-refractivity contribution >= 4 is 0 Å². The third-order valence-electron chi connectivity index (χ3n) is 2.56. The number of nitrogens with zero attached hydrogens (tertiary/aromatic N) is 2. The predicted octanol–water partition coefficient (Wildman–Crippen LogP) is 0.517. The third-order valence-corrected chi connectivity index (χ3v) is 2.56. The van der Waals surface area contributed by atoms with Gasteiger partial charge in [-0.25, -0.2) is 9.97 Å². The Morgan fingerprint density at radius 1 is 1.33 bits per heavy atom. The van der Waals surface area contributed by atoms with Gasteiger partial charge >= 0.3 is 0 Å². The minimum absolute atomic E-state index is 0.198. The molecule has 0 aromatic carbocycles. The number of aliphatic hydroxyl groups is 1. The molecule has 2 heterocycles. The molecule has 82 valence electrons. The number of aromatic nitrogens is 2. The minimum Gasteiger partial charge on any atom is -0.396 e. The predicted molar refractivity (Wildman–Crippen MR) is 55.7 cm³/mol. The maximum absolute atomic E-state index is 8.74. The topological polar surface area (TPSA) is 55.2 Å². The van der Waals surface area contributed by atoms with Gasteiger partial charge in [0.2, 0.25) is 0 Å². The summed E-state index contributed by atoms with van der Waals surface area (Å²) >= 11 is 0. The van der Waals surface area contributed by atoms with Crippen LogP contribution < -0.4 is 0 Å². The maximum Gasteiger partial charge on any atom is 0.128 e. The fourth-order valence-electron chi connectivity index (χ4n) is 1.72. The molecule has 1 N–H and O–H groups in total. The second-order valence-electron chi connectivity index (χ2n) is 3.70. The van der Waals surface area contributed by atoms with Crippen molar-refractivity contribution in [3.05, 3.63) is 23.3 Å². The molecule has 0 amide bonds. The molecule has 4 nitrogen and oxygen atoms in total. The van der Waals surface area contributed by atoms with Gasteiger partial charge in [0.05, 0.1) is 13.2 Å². The highest BCUT2D eigenvalue weighted by molar-refractivity contribution is 5.19. The Morgan fingerprint density at radius 3 is 3.07 bits per heavy atom. The quantitative estimate of drug-likeness (QED) is 0.786. The molecule has 0 atom stereocenters. The molecule has 4 heteroatoms. The summed E-state index contributed by atoms with van der Waals surface area (Å²) in [5, 5.41) is 8.74. The van der Waals surface area contributed by atoms with Crippen LogP contribution in [-0.4, -0.2) is 34.9 Å². The van der Waals surface area contributed by atoms with Crippen molar-refractivity contribution in [2.24, 2.45) is 0 Å². The van der Waals surface area contributed by atoms with E-state index in [2.05, 4.69) is 9.97 Å². The first-order chi connectivity index (χ1) is 7.40. The Morgan fingerprint density at radius 2 is 2.20 bits per heavy atom. The number of fused-ring (bicyclic) bond motifs is 1. The highest BCUT2D eigenvalue weighted by Crippen LogP contribution is 2.11. The smallest absolute Gasteiger partial charge is 0.128 e. The molecule has 0 radical (unpaired) electrons. The van der Waals surface area contributed by atoms with Crippen molar-refractivity contribution < 1.29 is 9.84 Å². The Bertz CT molecular complexity index is 328. The molecule has 0 bridgehead atoms. The standard InChI is InChI=1S/C11H16N2O2/c14-5-1-2-11-12-8-9-3-6-15-7-4-10(9)13-11/h8,14H,1-7H2. The lowest BCUT2D eigenvalue weighted by atomic mass is 10.1. The normalized spacial score (nSPS) is 15.8. The molecule has 0 unspecified atom stereocenters. The van der Waals surface area contributed by atoms with E-state index in [1.165, 1.54) is 5.56 Å². The van der Waals surface area contributed by atoms with Crippen LogP contribution in [0.25, 0.3) is 0 Å². The monoisotopic (exact) mass is 208 g/mol. The van der Waals surface area contributed by atoms with Crippen molar-refractivity contribution in [3.8, 4) is 0 Å². The molecular formula is C11H16N2O2. The number of aliphatic hydroxyl groups excluding tert-OH is 1. The molecule has 1 aliphatic rings. The van der Waals surface area contributed by atoms with E-state index < -0.39 is 0 Å². The Balaban J connectivity index is 2.13. The number of ether oxygens (including phenoxy) is 1. The molecule has 0 spiro atoms. The number of rotatable bonds is 3. The van der Waals surface area contributed by atoms with Gasteiger partial charge in [0.1, 0.15) is 5.82 Å². The van der Waals surface area contributed by atoms with Crippen molar-refractivity contribution in [2.75, 3.05) is 19.8 Å². The zero-order valence-corrected chi connectivity index (χ0v) is 8.78. The SMILES string of the molecule is OCCCc1ncc2c(n1)CCOCC2. The third kappa shape index (κ3) is 2.73. The fourth-order valence-corrected chi connectivity index (χ4v) is 1.72. The Hall–Kier alpha value is -1.00. The molecule has 2 rings (SSSR count). The van der Waals surface area contributed by atoms with Crippen LogP contribution in [0, 0.1) is 0 Å². The van der Waals surface area contributed by atoms with Crippen LogP contribution in [0.15, 0.2) is 6.20 Å². The first kappa shape index (κ1) is 10.5. The average Bonchev–Trinajstić information content (AvgIpc) is 2.50. The second-order valence-corrected chi connectivity index (χ2v) is 3.70. The first-order valence-corrected chi connectivity index (χ1v) is 5.42. The lowest BCUT2D eigenvalue weighted by Crippen LogP contribution is -2.04. The van der Waals surface area contributed by atoms with E-state index in [1.54, 1.807) is 0 Å². The van der Waals surface area contributed by atoms with Crippen LogP contribution in [0.4, 0.5) is 0 Å². The van der Waals surface area contributed by atoms with Crippen molar-refractivity contribution in [1.82, 2.24) is 9.97 Å². The summed E-state index contributed by atoms with van der Waals surface area (Å²) in [4.78, 5) is 8.80. The summed E-state index contributed by atoms with van der Waals surface area (Å²) in [5.41, 5.74) is 2.33. The molecule has 1 aliphatic heterocycles. The highest BCUT2D eigenvalue weighted by Gasteiger charge is 2.10. The molecule has 1 aromatic rings. The van der Waals surface area contributed by atoms with Gasteiger partial charge in [0.25, 0.3) is 0 Å². The zero-order valence-electron chi connectivity index (χ0n) is 8.78. The van der Waals surface area contributed by atoms with Crippen LogP contribution >= 0.6 is 0 Å². The first-order valence-electron chi connectivity index (χ1n) is 5.42. The van der Waals surface area contributed by atoms with Gasteiger partial charge in [0, 0.05) is 31.3 Å². The van der Waals surface area contributed by atoms with Crippen molar-refractivity contribution in [1.29, 1.82) is 0 Å². The van der Waals surface area contributed by atoms with E-state index in [9.17, 15) is 0 Å². The summed E-state index contributed by atoms with van der Waals surface area (Å²) in [5.74, 6) is 0.838. The summed E-state index contributed by atoms with van der Waals surface area (Å²) in [6, 6.07) is 0. The average molecular weight is 208 g/mol. The van der Waals surface area contributed by atoms with Gasteiger partial charge in [0.15, 0.2) is 0 Å². The summed E-state index contributed by atoms with van der Waals surface area (Å²) in [7, 11) is 0. The van der Waals surface area contributed by atoms with E-state index in [0.717, 1.165) is 50.4 Å². The zero-order chi connectivity index (χ0) is 10.5. The van der Waals surface area contributed by atoms with Gasteiger partial charge < -0.3 is 9.84 Å². The van der Waals surface area contributed by atoms with Crippen LogP contribution in [0.5, 0.6) is 0 Å². The van der Waals surface area contributed by atoms with Gasteiger partial charge in [-0.15, -0.1) is 0 Å². The van der Waals surface area contributed by atoms with E-state index in [0.29, 0.717) is 0 Å². The van der Waals surface area contributed by atoms with Crippen molar-refractivity contribution in [2.45, 2.75) is 25.7 Å². The number of hydrogen-bond acceptors (Lipinski definition) is 4. The molecule has 0 fully saturated rings. The second kappa shape index (κ2) is 5.19. The molecule has 0 saturated heterocycles. The highest BCUT2D eigenvalue weighted by atomic mass is 16.5. The fraction of sp³-hybridized carbons (Fsp3) is 0.636. The van der Waals surface area contributed by atoms with Gasteiger partial charge in [-0.1, -0.05) is 0 Å². The van der Waals surface area contributed by atoms with Crippen LogP contribution in [0.2, 0.25) is 0 Å². The lowest BCUT2D eigenvalue weighted by molar-refractivity contribution is 0.146. The van der Waals surface area contributed by atoms with E-state index in [-0.39, 0.29) is 6.61 Å².